The predicted octanol–water partition coefficient (Wildman–Crippen LogP) is 4.70. The number of rotatable bonds is 1. The van der Waals surface area contributed by atoms with Gasteiger partial charge in [0.05, 0.1) is 0 Å². The number of alkyl halides is 10. The Hall–Kier alpha value is 0.740. The van der Waals surface area contributed by atoms with E-state index in [0.717, 1.165) is 0 Å². The van der Waals surface area contributed by atoms with E-state index in [9.17, 15) is 26.3 Å². The molecule has 0 heterocycles. The molecular weight excluding hydrogens is 304 g/mol. The summed E-state index contributed by atoms with van der Waals surface area (Å²) in [6.07, 6.45) is -4.47. The zero-order valence-electron chi connectivity index (χ0n) is 5.93. The highest BCUT2D eigenvalue weighted by atomic mass is 35.5. The third-order valence-corrected chi connectivity index (χ3v) is 1.57. The first-order chi connectivity index (χ1) is 5.89. The van der Waals surface area contributed by atoms with Crippen LogP contribution in [-0.2, 0) is 0 Å². The molecule has 0 aliphatic rings. The maximum atomic E-state index is 11.1. The molecule has 14 heavy (non-hydrogen) atoms. The fourth-order valence-corrected chi connectivity index (χ4v) is 0. The van der Waals surface area contributed by atoms with E-state index in [1.165, 1.54) is 0 Å². The Morgan fingerprint density at radius 1 is 0.857 bits per heavy atom. The lowest BCUT2D eigenvalue weighted by molar-refractivity contribution is -0.115. The smallest absolute Gasteiger partial charge is 0.222 e. The number of hydrogen-bond acceptors (Lipinski definition) is 0. The van der Waals surface area contributed by atoms with Gasteiger partial charge in [-0.1, -0.05) is 34.8 Å². The summed E-state index contributed by atoms with van der Waals surface area (Å²) in [5, 5.41) is -3.93. The van der Waals surface area contributed by atoms with E-state index < -0.39 is 22.0 Å². The van der Waals surface area contributed by atoms with Crippen molar-refractivity contribution in [1.29, 1.82) is 0 Å². The molecule has 0 nitrogen and oxygen atoms in total. The fraction of sp³-hybridized carbons (Fsp3) is 1.00. The first kappa shape index (κ1) is 17.1. The van der Waals surface area contributed by atoms with Gasteiger partial charge in [-0.05, 0) is 11.6 Å². The summed E-state index contributed by atoms with van der Waals surface area (Å²) in [6, 6.07) is 0. The van der Waals surface area contributed by atoms with Gasteiger partial charge < -0.3 is 0 Å². The van der Waals surface area contributed by atoms with Gasteiger partial charge in [0.1, 0.15) is 0 Å². The summed E-state index contributed by atoms with van der Waals surface area (Å²) in [6.45, 7) is 0. The summed E-state index contributed by atoms with van der Waals surface area (Å²) in [5.74, 6) is 0. The lowest BCUT2D eigenvalue weighted by atomic mass is 10.8. The second kappa shape index (κ2) is 6.35. The molecule has 0 rings (SSSR count). The molecule has 10 heteroatoms. The Balaban J connectivity index is 0. The van der Waals surface area contributed by atoms with Crippen molar-refractivity contribution in [2.75, 3.05) is 0 Å². The van der Waals surface area contributed by atoms with E-state index in [1.54, 1.807) is 0 Å². The lowest BCUT2D eigenvalue weighted by Crippen LogP contribution is -2.16. The molecule has 0 aromatic heterocycles. The highest BCUT2D eigenvalue weighted by Crippen LogP contribution is 2.28. The van der Waals surface area contributed by atoms with Gasteiger partial charge in [-0.25, -0.2) is 4.39 Å². The average molecular weight is 306 g/mol. The molecule has 0 saturated carbocycles. The van der Waals surface area contributed by atoms with Crippen LogP contribution in [0.25, 0.3) is 0 Å². The topological polar surface area (TPSA) is 0 Å². The summed E-state index contributed by atoms with van der Waals surface area (Å²) < 4.78 is 66.0. The van der Waals surface area contributed by atoms with E-state index in [4.69, 9.17) is 0 Å². The van der Waals surface area contributed by atoms with Crippen LogP contribution in [-0.4, -0.2) is 22.0 Å². The molecule has 0 aliphatic heterocycles. The molecule has 0 fully saturated rings. The van der Waals surface area contributed by atoms with Gasteiger partial charge >= 0.3 is 11.6 Å². The molecule has 1 atom stereocenters. The van der Waals surface area contributed by atoms with Crippen molar-refractivity contribution >= 4 is 46.4 Å². The van der Waals surface area contributed by atoms with Gasteiger partial charge in [0.25, 0.3) is 5.63 Å². The Bertz CT molecular complexity index is 131. The van der Waals surface area contributed by atoms with Gasteiger partial charge in [-0.15, -0.1) is 0 Å². The van der Waals surface area contributed by atoms with Crippen molar-refractivity contribution < 1.29 is 26.3 Å². The lowest BCUT2D eigenvalue weighted by Gasteiger charge is -2.03. The first-order valence-electron chi connectivity index (χ1n) is 2.58. The van der Waals surface area contributed by atoms with E-state index in [0.29, 0.717) is 0 Å². The van der Waals surface area contributed by atoms with Crippen molar-refractivity contribution in [1.82, 2.24) is 0 Å². The average Bonchev–Trinajstić information content (AvgIpc) is 1.83. The first-order valence-corrected chi connectivity index (χ1v) is 4.27. The van der Waals surface area contributed by atoms with Crippen molar-refractivity contribution in [3.63, 3.8) is 0 Å². The molecule has 0 saturated heterocycles. The van der Waals surface area contributed by atoms with Crippen LogP contribution in [0.1, 0.15) is 0 Å². The zero-order valence-corrected chi connectivity index (χ0v) is 8.96. The SMILES string of the molecule is FC(Cl)C(F)(F)Cl.FC(F)(F)C(Cl)Cl. The van der Waals surface area contributed by atoms with Crippen LogP contribution in [0.5, 0.6) is 0 Å². The van der Waals surface area contributed by atoms with Crippen LogP contribution >= 0.6 is 46.4 Å². The number of hydrogen-bond donors (Lipinski definition) is 0. The van der Waals surface area contributed by atoms with Crippen LogP contribution in [0, 0.1) is 0 Å². The standard InChI is InChI=1S/2C2HCl2F3/c3-1(5)2(4,6)7;3-1(4)2(5,6)7/h2*1H. The van der Waals surface area contributed by atoms with E-state index >= 15 is 0 Å². The largest absolute Gasteiger partial charge is 0.418 e. The molecule has 0 spiro atoms. The van der Waals surface area contributed by atoms with Gasteiger partial charge in [0, 0.05) is 0 Å². The highest BCUT2D eigenvalue weighted by Gasteiger charge is 2.36. The quantitative estimate of drug-likeness (QED) is 0.486. The molecule has 88 valence electrons. The minimum Gasteiger partial charge on any atom is -0.222 e. The predicted molar refractivity (Wildman–Crippen MR) is 43.1 cm³/mol. The van der Waals surface area contributed by atoms with Crippen molar-refractivity contribution in [3.05, 3.63) is 0 Å². The van der Waals surface area contributed by atoms with Crippen LogP contribution in [0.15, 0.2) is 0 Å². The van der Waals surface area contributed by atoms with Gasteiger partial charge in [0.2, 0.25) is 4.84 Å². The summed E-state index contributed by atoms with van der Waals surface area (Å²) in [5.41, 5.74) is -2.80. The third kappa shape index (κ3) is 10.8. The van der Waals surface area contributed by atoms with E-state index in [1.807, 2.05) is 0 Å². The molecule has 1 unspecified atom stereocenters. The van der Waals surface area contributed by atoms with Crippen molar-refractivity contribution in [2.24, 2.45) is 0 Å². The molecule has 0 N–H and O–H groups in total. The van der Waals surface area contributed by atoms with Gasteiger partial charge in [-0.2, -0.15) is 22.0 Å². The molecule has 0 amide bonds. The monoisotopic (exact) mass is 304 g/mol. The minimum absolute atomic E-state index is 2.26. The van der Waals surface area contributed by atoms with Crippen LogP contribution in [0.3, 0.4) is 0 Å². The third-order valence-electron chi connectivity index (χ3n) is 0.495. The maximum absolute atomic E-state index is 11.1. The summed E-state index contributed by atoms with van der Waals surface area (Å²) in [7, 11) is 0. The highest BCUT2D eigenvalue weighted by molar-refractivity contribution is 6.44. The van der Waals surface area contributed by atoms with Crippen LogP contribution in [0.4, 0.5) is 26.3 Å². The minimum atomic E-state index is -4.47. The maximum Gasteiger partial charge on any atom is 0.418 e. The molecular formula is C4H2Cl4F6. The second-order valence-corrected chi connectivity index (χ2v) is 3.67. The molecule has 0 radical (unpaired) electrons. The Labute approximate surface area is 95.0 Å². The molecule has 0 aromatic rings. The molecule has 0 aliphatic carbocycles. The second-order valence-electron chi connectivity index (χ2n) is 1.68. The van der Waals surface area contributed by atoms with Crippen molar-refractivity contribution in [3.8, 4) is 0 Å². The Morgan fingerprint density at radius 2 is 1.00 bits per heavy atom. The molecule has 0 aromatic carbocycles. The zero-order chi connectivity index (χ0) is 12.2. The fourth-order valence-electron chi connectivity index (χ4n) is 0. The normalized spacial score (nSPS) is 14.8. The van der Waals surface area contributed by atoms with Crippen LogP contribution in [0.2, 0.25) is 0 Å². The summed E-state index contributed by atoms with van der Waals surface area (Å²) >= 11 is 17.0. The van der Waals surface area contributed by atoms with Crippen LogP contribution < -0.4 is 0 Å². The Morgan fingerprint density at radius 3 is 1.00 bits per heavy atom. The Kier molecular flexibility index (Phi) is 7.78. The molecule has 0 bridgehead atoms. The van der Waals surface area contributed by atoms with Gasteiger partial charge in [0.15, 0.2) is 0 Å². The van der Waals surface area contributed by atoms with E-state index in [2.05, 4.69) is 46.4 Å². The van der Waals surface area contributed by atoms with Gasteiger partial charge in [-0.3, -0.25) is 0 Å². The summed E-state index contributed by atoms with van der Waals surface area (Å²) in [4.78, 5) is -2.26. The van der Waals surface area contributed by atoms with Crippen molar-refractivity contribution in [2.45, 2.75) is 22.0 Å². The number of halogens is 10. The van der Waals surface area contributed by atoms with E-state index in [-0.39, 0.29) is 0 Å².